The summed E-state index contributed by atoms with van der Waals surface area (Å²) in [4.78, 5) is 0. The van der Waals surface area contributed by atoms with E-state index in [1.165, 1.54) is 0 Å². The van der Waals surface area contributed by atoms with Crippen LogP contribution in [0, 0.1) is 0 Å². The van der Waals surface area contributed by atoms with E-state index < -0.39 is 10.0 Å². The molecule has 1 aliphatic heterocycles. The number of hydrogen-bond donors (Lipinski definition) is 0. The van der Waals surface area contributed by atoms with E-state index in [1.54, 1.807) is 0 Å². The Balaban J connectivity index is 3.03. The molecule has 8 heavy (non-hydrogen) atoms. The van der Waals surface area contributed by atoms with Crippen LogP contribution in [0.3, 0.4) is 0 Å². The van der Waals surface area contributed by atoms with E-state index in [2.05, 4.69) is 9.13 Å². The maximum atomic E-state index is 10.3. The maximum Gasteiger partial charge on any atom is 0.281 e. The zero-order chi connectivity index (χ0) is 6.04. The van der Waals surface area contributed by atoms with E-state index in [9.17, 15) is 8.42 Å². The van der Waals surface area contributed by atoms with Gasteiger partial charge in [-0.25, -0.2) is 0 Å². The highest BCUT2D eigenvalue weighted by molar-refractivity contribution is 7.93. The minimum atomic E-state index is -3.32. The van der Waals surface area contributed by atoms with Gasteiger partial charge in [-0.3, -0.25) is 0 Å². The van der Waals surface area contributed by atoms with Crippen LogP contribution in [-0.4, -0.2) is 14.8 Å². The molecule has 0 aromatic rings. The Morgan fingerprint density at radius 2 is 2.25 bits per heavy atom. The molecule has 0 saturated carbocycles. The summed E-state index contributed by atoms with van der Waals surface area (Å²) in [6.07, 6.45) is 1.93. The maximum absolute atomic E-state index is 10.3. The Kier molecular flexibility index (Phi) is 1.05. The van der Waals surface area contributed by atoms with Crippen LogP contribution >= 0.6 is 0 Å². The Bertz CT molecular complexity index is 207. The van der Waals surface area contributed by atoms with Gasteiger partial charge in [0.1, 0.15) is 6.26 Å². The molecule has 0 N–H and O–H groups in total. The lowest BCUT2D eigenvalue weighted by Crippen LogP contribution is -1.95. The first-order chi connectivity index (χ1) is 3.71. The van der Waals surface area contributed by atoms with Crippen LogP contribution in [-0.2, 0) is 14.8 Å². The lowest BCUT2D eigenvalue weighted by Gasteiger charge is -1.93. The van der Waals surface area contributed by atoms with Crippen LogP contribution in [0.1, 0.15) is 0 Å². The van der Waals surface area contributed by atoms with Gasteiger partial charge in [0, 0.05) is 0 Å². The first-order valence-corrected chi connectivity index (χ1v) is 3.32. The van der Waals surface area contributed by atoms with Crippen molar-refractivity contribution in [2.75, 3.05) is 0 Å². The average molecular weight is 133 g/mol. The van der Waals surface area contributed by atoms with Gasteiger partial charge < -0.3 is 4.74 Å². The molecule has 4 nitrogen and oxygen atoms in total. The van der Waals surface area contributed by atoms with Crippen LogP contribution in [0.4, 0.5) is 0 Å². The Morgan fingerprint density at radius 3 is 2.50 bits per heavy atom. The van der Waals surface area contributed by atoms with Gasteiger partial charge in [-0.15, -0.1) is 4.40 Å². The number of sulfonamides is 1. The summed E-state index contributed by atoms with van der Waals surface area (Å²) in [7, 11) is -3.32. The van der Waals surface area contributed by atoms with Gasteiger partial charge in [-0.05, 0) is 0 Å². The topological polar surface area (TPSA) is 55.7 Å². The fraction of sp³-hybridized carbons (Fsp3) is 0. The second kappa shape index (κ2) is 1.59. The zero-order valence-corrected chi connectivity index (χ0v) is 4.63. The molecule has 1 aliphatic rings. The van der Waals surface area contributed by atoms with Gasteiger partial charge in [0.15, 0.2) is 6.40 Å². The summed E-state index contributed by atoms with van der Waals surface area (Å²) in [5.41, 5.74) is 0. The van der Waals surface area contributed by atoms with E-state index >= 15 is 0 Å². The number of ether oxygens (including phenoxy) is 1. The fourth-order valence-electron chi connectivity index (χ4n) is 0.257. The Labute approximate surface area is 46.5 Å². The smallest absolute Gasteiger partial charge is 0.281 e. The van der Waals surface area contributed by atoms with Gasteiger partial charge in [0.2, 0.25) is 0 Å². The van der Waals surface area contributed by atoms with Crippen molar-refractivity contribution < 1.29 is 13.2 Å². The van der Waals surface area contributed by atoms with Crippen molar-refractivity contribution in [2.45, 2.75) is 0 Å². The van der Waals surface area contributed by atoms with Gasteiger partial charge in [0.25, 0.3) is 10.0 Å². The second-order valence-corrected chi connectivity index (χ2v) is 2.65. The van der Waals surface area contributed by atoms with E-state index in [-0.39, 0.29) is 0 Å². The minimum Gasteiger partial charge on any atom is -0.452 e. The number of hydrogen-bond acceptors (Lipinski definition) is 3. The third-order valence-corrected chi connectivity index (χ3v) is 1.39. The van der Waals surface area contributed by atoms with Gasteiger partial charge in [-0.1, -0.05) is 0 Å². The van der Waals surface area contributed by atoms with Crippen LogP contribution in [0.25, 0.3) is 0 Å². The van der Waals surface area contributed by atoms with Crippen molar-refractivity contribution in [2.24, 2.45) is 4.40 Å². The van der Waals surface area contributed by atoms with Crippen LogP contribution in [0.2, 0.25) is 0 Å². The number of rotatable bonds is 0. The van der Waals surface area contributed by atoms with Crippen molar-refractivity contribution in [1.82, 2.24) is 0 Å². The highest BCUT2D eigenvalue weighted by Gasteiger charge is 2.02. The Morgan fingerprint density at radius 1 is 1.50 bits per heavy atom. The van der Waals surface area contributed by atoms with Gasteiger partial charge in [-0.2, -0.15) is 8.42 Å². The quantitative estimate of drug-likeness (QED) is 0.461. The molecule has 1 rings (SSSR count). The van der Waals surface area contributed by atoms with Crippen LogP contribution < -0.4 is 0 Å². The summed E-state index contributed by atoms with van der Waals surface area (Å²) in [5, 5.41) is 0.882. The molecule has 0 aromatic heterocycles. The standard InChI is InChI=1S/C3H3NO3S/c5-8(6)2-1-7-3-4-8/h1-3H. The molecule has 0 atom stereocenters. The SMILES string of the molecule is O=S1(=O)C=COC=N1. The van der Waals surface area contributed by atoms with E-state index in [0.29, 0.717) is 0 Å². The molecule has 0 saturated heterocycles. The van der Waals surface area contributed by atoms with Gasteiger partial charge >= 0.3 is 0 Å². The largest absolute Gasteiger partial charge is 0.452 e. The Hall–Kier alpha value is -0.840. The molecule has 1 heterocycles. The summed E-state index contributed by atoms with van der Waals surface area (Å²) in [6.45, 7) is 0. The van der Waals surface area contributed by atoms with Crippen molar-refractivity contribution in [3.8, 4) is 0 Å². The summed E-state index contributed by atoms with van der Waals surface area (Å²) in [6, 6.07) is 0. The third kappa shape index (κ3) is 1.06. The molecule has 0 aliphatic carbocycles. The van der Waals surface area contributed by atoms with Crippen molar-refractivity contribution in [3.63, 3.8) is 0 Å². The molecule has 0 fully saturated rings. The van der Waals surface area contributed by atoms with E-state index in [4.69, 9.17) is 0 Å². The third-order valence-electron chi connectivity index (χ3n) is 0.557. The highest BCUT2D eigenvalue weighted by atomic mass is 32.2. The molecule has 44 valence electrons. The predicted octanol–water partition coefficient (Wildman–Crippen LogP) is -0.154. The lowest BCUT2D eigenvalue weighted by atomic mass is 11.1. The minimum absolute atomic E-state index is 0.870. The molecule has 0 radical (unpaired) electrons. The molecule has 0 aromatic carbocycles. The molecular formula is C3H3NO3S. The highest BCUT2D eigenvalue weighted by Crippen LogP contribution is 1.97. The molecule has 5 heteroatoms. The van der Waals surface area contributed by atoms with Crippen molar-refractivity contribution in [3.05, 3.63) is 11.7 Å². The van der Waals surface area contributed by atoms with Crippen molar-refractivity contribution in [1.29, 1.82) is 0 Å². The summed E-state index contributed by atoms with van der Waals surface area (Å²) >= 11 is 0. The average Bonchev–Trinajstić information content (AvgIpc) is 1.65. The molecule has 0 spiro atoms. The van der Waals surface area contributed by atoms with Crippen LogP contribution in [0.15, 0.2) is 16.1 Å². The monoisotopic (exact) mass is 133 g/mol. The molecular weight excluding hydrogens is 130 g/mol. The number of nitrogens with zero attached hydrogens (tertiary/aromatic N) is 1. The zero-order valence-electron chi connectivity index (χ0n) is 3.81. The van der Waals surface area contributed by atoms with Crippen LogP contribution in [0.5, 0.6) is 0 Å². The van der Waals surface area contributed by atoms with Gasteiger partial charge in [0.05, 0.1) is 5.41 Å². The normalized spacial score (nSPS) is 22.5. The molecule has 0 bridgehead atoms. The first kappa shape index (κ1) is 5.30. The van der Waals surface area contributed by atoms with E-state index in [1.807, 2.05) is 0 Å². The first-order valence-electron chi connectivity index (χ1n) is 1.81. The summed E-state index contributed by atoms with van der Waals surface area (Å²) in [5.74, 6) is 0. The summed E-state index contributed by atoms with van der Waals surface area (Å²) < 4.78 is 27.9. The predicted molar refractivity (Wildman–Crippen MR) is 27.6 cm³/mol. The van der Waals surface area contributed by atoms with E-state index in [0.717, 1.165) is 18.1 Å². The molecule has 0 amide bonds. The lowest BCUT2D eigenvalue weighted by molar-refractivity contribution is 0.490. The second-order valence-electron chi connectivity index (χ2n) is 1.13. The molecule has 0 unspecified atom stereocenters. The van der Waals surface area contributed by atoms with Crippen molar-refractivity contribution >= 4 is 16.4 Å². The fourth-order valence-corrected chi connectivity index (χ4v) is 0.702.